The molecule has 0 unspecified atom stereocenters. The molecule has 0 aromatic carbocycles. The van der Waals surface area contributed by atoms with Gasteiger partial charge in [0.05, 0.1) is 5.69 Å². The van der Waals surface area contributed by atoms with E-state index in [4.69, 9.17) is 5.73 Å². The summed E-state index contributed by atoms with van der Waals surface area (Å²) in [4.78, 5) is 0. The Morgan fingerprint density at radius 2 is 2.17 bits per heavy atom. The molecule has 3 N–H and O–H groups in total. The van der Waals surface area contributed by atoms with Crippen molar-refractivity contribution in [3.8, 4) is 0 Å². The zero-order valence-corrected chi connectivity index (χ0v) is 8.02. The summed E-state index contributed by atoms with van der Waals surface area (Å²) in [6.07, 6.45) is 0.926. The highest BCUT2D eigenvalue weighted by molar-refractivity contribution is 5.26. The monoisotopic (exact) mass is 167 g/mol. The van der Waals surface area contributed by atoms with Crippen molar-refractivity contribution in [1.82, 2.24) is 10.2 Å². The molecule has 12 heavy (non-hydrogen) atoms. The molecule has 0 aliphatic heterocycles. The lowest BCUT2D eigenvalue weighted by Gasteiger charge is -2.04. The van der Waals surface area contributed by atoms with E-state index in [-0.39, 0.29) is 0 Å². The number of rotatable bonds is 3. The summed E-state index contributed by atoms with van der Waals surface area (Å²) in [5.41, 5.74) is 9.14. The van der Waals surface area contributed by atoms with Crippen LogP contribution in [0.1, 0.15) is 36.7 Å². The van der Waals surface area contributed by atoms with E-state index in [9.17, 15) is 0 Å². The maximum absolute atomic E-state index is 5.52. The second-order valence-corrected chi connectivity index (χ2v) is 3.41. The average Bonchev–Trinajstić information content (AvgIpc) is 2.34. The first-order chi connectivity index (χ1) is 5.66. The van der Waals surface area contributed by atoms with Gasteiger partial charge in [0, 0.05) is 5.69 Å². The predicted molar refractivity (Wildman–Crippen MR) is 50.2 cm³/mol. The summed E-state index contributed by atoms with van der Waals surface area (Å²) < 4.78 is 0. The SMILES string of the molecule is Cc1[nH]nc(C(C)C)c1CCN. The summed E-state index contributed by atoms with van der Waals surface area (Å²) >= 11 is 0. The van der Waals surface area contributed by atoms with Gasteiger partial charge in [-0.3, -0.25) is 5.10 Å². The van der Waals surface area contributed by atoms with Crippen LogP contribution < -0.4 is 5.73 Å². The molecule has 68 valence electrons. The Bertz CT molecular complexity index is 250. The zero-order valence-electron chi connectivity index (χ0n) is 8.02. The number of H-pyrrole nitrogens is 1. The largest absolute Gasteiger partial charge is 0.330 e. The van der Waals surface area contributed by atoms with E-state index in [0.717, 1.165) is 17.8 Å². The lowest BCUT2D eigenvalue weighted by molar-refractivity contribution is 0.791. The summed E-state index contributed by atoms with van der Waals surface area (Å²) in [5, 5.41) is 7.25. The van der Waals surface area contributed by atoms with E-state index in [2.05, 4.69) is 24.0 Å². The van der Waals surface area contributed by atoms with Crippen LogP contribution in [-0.2, 0) is 6.42 Å². The second kappa shape index (κ2) is 3.72. The van der Waals surface area contributed by atoms with Crippen molar-refractivity contribution in [1.29, 1.82) is 0 Å². The van der Waals surface area contributed by atoms with Gasteiger partial charge in [0.1, 0.15) is 0 Å². The number of nitrogens with zero attached hydrogens (tertiary/aromatic N) is 1. The topological polar surface area (TPSA) is 54.7 Å². The van der Waals surface area contributed by atoms with Crippen molar-refractivity contribution in [2.45, 2.75) is 33.1 Å². The molecule has 0 spiro atoms. The molecular weight excluding hydrogens is 150 g/mol. The van der Waals surface area contributed by atoms with Gasteiger partial charge in [-0.05, 0) is 31.4 Å². The van der Waals surface area contributed by atoms with Gasteiger partial charge < -0.3 is 5.73 Å². The van der Waals surface area contributed by atoms with Gasteiger partial charge in [0.2, 0.25) is 0 Å². The molecule has 1 aromatic heterocycles. The van der Waals surface area contributed by atoms with Crippen LogP contribution in [0, 0.1) is 6.92 Å². The van der Waals surface area contributed by atoms with E-state index in [1.165, 1.54) is 5.56 Å². The fourth-order valence-electron chi connectivity index (χ4n) is 1.41. The number of hydrogen-bond acceptors (Lipinski definition) is 2. The number of aromatic amines is 1. The number of aromatic nitrogens is 2. The quantitative estimate of drug-likeness (QED) is 0.713. The fraction of sp³-hybridized carbons (Fsp3) is 0.667. The lowest BCUT2D eigenvalue weighted by atomic mass is 10.0. The van der Waals surface area contributed by atoms with Crippen molar-refractivity contribution in [2.24, 2.45) is 5.73 Å². The molecular formula is C9H17N3. The molecule has 1 rings (SSSR count). The first-order valence-electron chi connectivity index (χ1n) is 4.40. The van der Waals surface area contributed by atoms with E-state index < -0.39 is 0 Å². The second-order valence-electron chi connectivity index (χ2n) is 3.41. The van der Waals surface area contributed by atoms with Crippen LogP contribution in [0.4, 0.5) is 0 Å². The third-order valence-electron chi connectivity index (χ3n) is 2.05. The number of nitrogens with two attached hydrogens (primary N) is 1. The smallest absolute Gasteiger partial charge is 0.0682 e. The molecule has 0 radical (unpaired) electrons. The highest BCUT2D eigenvalue weighted by Crippen LogP contribution is 2.19. The minimum atomic E-state index is 0.483. The van der Waals surface area contributed by atoms with Crippen LogP contribution in [0.15, 0.2) is 0 Å². The average molecular weight is 167 g/mol. The van der Waals surface area contributed by atoms with Crippen molar-refractivity contribution in [2.75, 3.05) is 6.54 Å². The van der Waals surface area contributed by atoms with E-state index >= 15 is 0 Å². The van der Waals surface area contributed by atoms with Crippen molar-refractivity contribution in [3.63, 3.8) is 0 Å². The highest BCUT2D eigenvalue weighted by atomic mass is 15.1. The minimum absolute atomic E-state index is 0.483. The minimum Gasteiger partial charge on any atom is -0.330 e. The number of hydrogen-bond donors (Lipinski definition) is 2. The Morgan fingerprint density at radius 1 is 1.50 bits per heavy atom. The molecule has 0 saturated heterocycles. The molecule has 0 fully saturated rings. The lowest BCUT2D eigenvalue weighted by Crippen LogP contribution is -2.05. The Labute approximate surface area is 73.4 Å². The van der Waals surface area contributed by atoms with Gasteiger partial charge in [-0.15, -0.1) is 0 Å². The van der Waals surface area contributed by atoms with E-state index in [0.29, 0.717) is 12.5 Å². The van der Waals surface area contributed by atoms with Crippen LogP contribution >= 0.6 is 0 Å². The molecule has 0 bridgehead atoms. The maximum atomic E-state index is 5.52. The van der Waals surface area contributed by atoms with Crippen molar-refractivity contribution in [3.05, 3.63) is 17.0 Å². The van der Waals surface area contributed by atoms with Gasteiger partial charge in [0.25, 0.3) is 0 Å². The van der Waals surface area contributed by atoms with Crippen LogP contribution in [0.3, 0.4) is 0 Å². The standard InChI is InChI=1S/C9H17N3/c1-6(2)9-8(4-5-10)7(3)11-12-9/h6H,4-5,10H2,1-3H3,(H,11,12). The van der Waals surface area contributed by atoms with Crippen LogP contribution in [-0.4, -0.2) is 16.7 Å². The molecule has 0 saturated carbocycles. The summed E-state index contributed by atoms with van der Waals surface area (Å²) in [6, 6.07) is 0. The fourth-order valence-corrected chi connectivity index (χ4v) is 1.41. The summed E-state index contributed by atoms with van der Waals surface area (Å²) in [7, 11) is 0. The first kappa shape index (κ1) is 9.26. The first-order valence-corrected chi connectivity index (χ1v) is 4.40. The maximum Gasteiger partial charge on any atom is 0.0682 e. The molecule has 1 heterocycles. The van der Waals surface area contributed by atoms with Gasteiger partial charge in [0.15, 0.2) is 0 Å². The highest BCUT2D eigenvalue weighted by Gasteiger charge is 2.11. The number of aryl methyl sites for hydroxylation is 1. The molecule has 1 aromatic rings. The third kappa shape index (κ3) is 1.67. The van der Waals surface area contributed by atoms with Gasteiger partial charge in [-0.25, -0.2) is 0 Å². The summed E-state index contributed by atoms with van der Waals surface area (Å²) in [5.74, 6) is 0.483. The van der Waals surface area contributed by atoms with Gasteiger partial charge in [-0.2, -0.15) is 5.10 Å². The molecule has 0 aliphatic rings. The zero-order chi connectivity index (χ0) is 9.14. The van der Waals surface area contributed by atoms with E-state index in [1.807, 2.05) is 6.92 Å². The molecule has 0 aliphatic carbocycles. The Kier molecular flexibility index (Phi) is 2.87. The molecule has 3 nitrogen and oxygen atoms in total. The molecule has 0 amide bonds. The Morgan fingerprint density at radius 3 is 2.67 bits per heavy atom. The molecule has 3 heteroatoms. The van der Waals surface area contributed by atoms with Crippen molar-refractivity contribution < 1.29 is 0 Å². The van der Waals surface area contributed by atoms with Crippen LogP contribution in [0.2, 0.25) is 0 Å². The normalized spacial score (nSPS) is 11.1. The number of nitrogens with one attached hydrogen (secondary N) is 1. The van der Waals surface area contributed by atoms with Crippen LogP contribution in [0.5, 0.6) is 0 Å². The van der Waals surface area contributed by atoms with Crippen molar-refractivity contribution >= 4 is 0 Å². The molecule has 0 atom stereocenters. The third-order valence-corrected chi connectivity index (χ3v) is 2.05. The summed E-state index contributed by atoms with van der Waals surface area (Å²) in [6.45, 7) is 7.04. The Hall–Kier alpha value is -0.830. The van der Waals surface area contributed by atoms with Crippen LogP contribution in [0.25, 0.3) is 0 Å². The van der Waals surface area contributed by atoms with Gasteiger partial charge in [-0.1, -0.05) is 13.8 Å². The van der Waals surface area contributed by atoms with E-state index in [1.54, 1.807) is 0 Å². The van der Waals surface area contributed by atoms with Gasteiger partial charge >= 0.3 is 0 Å². The Balaban J connectivity index is 2.95. The predicted octanol–water partition coefficient (Wildman–Crippen LogP) is 1.34.